The lowest BCUT2D eigenvalue weighted by Crippen LogP contribution is -2.43. The van der Waals surface area contributed by atoms with E-state index in [1.807, 2.05) is 36.4 Å². The maximum absolute atomic E-state index is 12.1. The number of ether oxygens (including phenoxy) is 1. The Bertz CT molecular complexity index is 712. The van der Waals surface area contributed by atoms with Gasteiger partial charge in [0, 0.05) is 5.56 Å². The fourth-order valence-electron chi connectivity index (χ4n) is 2.18. The minimum atomic E-state index is -1.99. The van der Waals surface area contributed by atoms with Crippen molar-refractivity contribution >= 4 is 40.7 Å². The zero-order valence-electron chi connectivity index (χ0n) is 14.2. The van der Waals surface area contributed by atoms with Gasteiger partial charge in [-0.1, -0.05) is 72.4 Å². The first-order valence-corrected chi connectivity index (χ1v) is 9.33. The van der Waals surface area contributed by atoms with Crippen molar-refractivity contribution in [2.45, 2.75) is 29.8 Å². The molecule has 1 amide bonds. The van der Waals surface area contributed by atoms with Crippen molar-refractivity contribution in [3.05, 3.63) is 54.1 Å². The maximum Gasteiger partial charge on any atom is 0.253 e. The highest BCUT2D eigenvalue weighted by Crippen LogP contribution is 2.29. The molecule has 2 aromatic carbocycles. The van der Waals surface area contributed by atoms with Crippen LogP contribution >= 0.6 is 34.8 Å². The lowest BCUT2D eigenvalue weighted by molar-refractivity contribution is 0.0792. The van der Waals surface area contributed by atoms with Crippen LogP contribution in [0.25, 0.3) is 11.1 Å². The maximum atomic E-state index is 12.1. The van der Waals surface area contributed by atoms with Gasteiger partial charge in [-0.25, -0.2) is 0 Å². The predicted octanol–water partition coefficient (Wildman–Crippen LogP) is 4.95. The fraction of sp³-hybridized carbons (Fsp3) is 0.316. The molecule has 140 valence electrons. The normalized spacial score (nSPS) is 12.5. The van der Waals surface area contributed by atoms with Gasteiger partial charge < -0.3 is 15.2 Å². The molecule has 2 rings (SSSR count). The van der Waals surface area contributed by atoms with Crippen molar-refractivity contribution in [3.63, 3.8) is 0 Å². The lowest BCUT2D eigenvalue weighted by Gasteiger charge is -2.19. The van der Waals surface area contributed by atoms with E-state index in [4.69, 9.17) is 39.5 Å². The standard InChI is InChI=1S/C19H20Cl3NO3/c1-2-3-12-26-16-10-8-14(9-11-16)13-4-6-15(7-5-13)17(24)23-18(25)19(20,21)22/h4-11,18,25H,2-3,12H2,1H3,(H,23,24)/t18-/m1/s1. The summed E-state index contributed by atoms with van der Waals surface area (Å²) in [7, 11) is 0. The van der Waals surface area contributed by atoms with Gasteiger partial charge >= 0.3 is 0 Å². The number of hydrogen-bond acceptors (Lipinski definition) is 3. The summed E-state index contributed by atoms with van der Waals surface area (Å²) in [5.41, 5.74) is 2.30. The summed E-state index contributed by atoms with van der Waals surface area (Å²) in [4.78, 5) is 12.1. The fourth-order valence-corrected chi connectivity index (χ4v) is 2.35. The van der Waals surface area contributed by atoms with E-state index in [9.17, 15) is 9.90 Å². The summed E-state index contributed by atoms with van der Waals surface area (Å²) >= 11 is 16.6. The number of benzene rings is 2. The average molecular weight is 417 g/mol. The van der Waals surface area contributed by atoms with Gasteiger partial charge in [0.2, 0.25) is 3.79 Å². The second-order valence-corrected chi connectivity index (χ2v) is 8.09. The first-order valence-electron chi connectivity index (χ1n) is 8.20. The van der Waals surface area contributed by atoms with Crippen molar-refractivity contribution in [2.75, 3.05) is 6.61 Å². The zero-order chi connectivity index (χ0) is 19.2. The third kappa shape index (κ3) is 6.06. The number of carbonyl (C=O) groups excluding carboxylic acids is 1. The number of nitrogens with one attached hydrogen (secondary N) is 1. The van der Waals surface area contributed by atoms with Gasteiger partial charge in [-0.05, 0) is 41.8 Å². The monoisotopic (exact) mass is 415 g/mol. The van der Waals surface area contributed by atoms with Crippen LogP contribution in [0.5, 0.6) is 5.75 Å². The molecule has 0 aliphatic carbocycles. The molecule has 0 saturated carbocycles. The molecule has 7 heteroatoms. The molecular weight excluding hydrogens is 397 g/mol. The molecule has 0 unspecified atom stereocenters. The number of rotatable bonds is 7. The van der Waals surface area contributed by atoms with Gasteiger partial charge in [0.25, 0.3) is 5.91 Å². The SMILES string of the molecule is CCCCOc1ccc(-c2ccc(C(=O)N[C@H](O)C(Cl)(Cl)Cl)cc2)cc1. The minimum Gasteiger partial charge on any atom is -0.494 e. The highest BCUT2D eigenvalue weighted by Gasteiger charge is 2.32. The van der Waals surface area contributed by atoms with E-state index in [-0.39, 0.29) is 0 Å². The number of halogens is 3. The van der Waals surface area contributed by atoms with E-state index in [0.717, 1.165) is 29.7 Å². The Morgan fingerprint density at radius 3 is 2.12 bits per heavy atom. The molecule has 0 fully saturated rings. The number of aliphatic hydroxyl groups excluding tert-OH is 1. The number of aliphatic hydroxyl groups is 1. The van der Waals surface area contributed by atoms with E-state index in [1.54, 1.807) is 12.1 Å². The molecule has 0 bridgehead atoms. The van der Waals surface area contributed by atoms with Crippen LogP contribution in [0, 0.1) is 0 Å². The molecule has 1 atom stereocenters. The molecule has 0 aliphatic heterocycles. The van der Waals surface area contributed by atoms with Gasteiger partial charge in [-0.3, -0.25) is 4.79 Å². The van der Waals surface area contributed by atoms with Crippen LogP contribution in [0.2, 0.25) is 0 Å². The van der Waals surface area contributed by atoms with Crippen molar-refractivity contribution in [3.8, 4) is 16.9 Å². The molecule has 4 nitrogen and oxygen atoms in total. The van der Waals surface area contributed by atoms with Crippen molar-refractivity contribution in [1.82, 2.24) is 5.32 Å². The van der Waals surface area contributed by atoms with Gasteiger partial charge in [-0.15, -0.1) is 0 Å². The van der Waals surface area contributed by atoms with Crippen LogP contribution in [-0.4, -0.2) is 27.6 Å². The molecule has 0 heterocycles. The smallest absolute Gasteiger partial charge is 0.253 e. The zero-order valence-corrected chi connectivity index (χ0v) is 16.5. The minimum absolute atomic E-state index is 0.349. The van der Waals surface area contributed by atoms with Crippen LogP contribution in [0.15, 0.2) is 48.5 Å². The van der Waals surface area contributed by atoms with Crippen LogP contribution in [-0.2, 0) is 0 Å². The number of carbonyl (C=O) groups is 1. The molecule has 26 heavy (non-hydrogen) atoms. The predicted molar refractivity (Wildman–Crippen MR) is 106 cm³/mol. The largest absolute Gasteiger partial charge is 0.494 e. The van der Waals surface area contributed by atoms with E-state index in [1.165, 1.54) is 0 Å². The Morgan fingerprint density at radius 1 is 1.08 bits per heavy atom. The second kappa shape index (κ2) is 9.47. The Morgan fingerprint density at radius 2 is 1.62 bits per heavy atom. The van der Waals surface area contributed by atoms with Crippen LogP contribution in [0.3, 0.4) is 0 Å². The van der Waals surface area contributed by atoms with Gasteiger partial charge in [0.05, 0.1) is 6.61 Å². The Hall–Kier alpha value is -1.46. The quantitative estimate of drug-likeness (QED) is 0.381. The van der Waals surface area contributed by atoms with Crippen molar-refractivity contribution in [2.24, 2.45) is 0 Å². The lowest BCUT2D eigenvalue weighted by atomic mass is 10.0. The molecule has 0 aliphatic rings. The highest BCUT2D eigenvalue weighted by atomic mass is 35.6. The number of alkyl halides is 3. The summed E-state index contributed by atoms with van der Waals surface area (Å²) in [5, 5.41) is 11.8. The molecule has 0 aromatic heterocycles. The number of unbranched alkanes of at least 4 members (excludes halogenated alkanes) is 1. The molecule has 0 saturated heterocycles. The third-order valence-corrected chi connectivity index (χ3v) is 4.30. The molecule has 2 aromatic rings. The Balaban J connectivity index is 2.01. The summed E-state index contributed by atoms with van der Waals surface area (Å²) in [6, 6.07) is 14.7. The summed E-state index contributed by atoms with van der Waals surface area (Å²) in [6.07, 6.45) is 0.523. The Kier molecular flexibility index (Phi) is 7.59. The first-order chi connectivity index (χ1) is 12.3. The summed E-state index contributed by atoms with van der Waals surface area (Å²) < 4.78 is 3.65. The van der Waals surface area contributed by atoms with E-state index >= 15 is 0 Å². The highest BCUT2D eigenvalue weighted by molar-refractivity contribution is 6.68. The number of hydrogen-bond donors (Lipinski definition) is 2. The van der Waals surface area contributed by atoms with E-state index < -0.39 is 15.9 Å². The first kappa shape index (κ1) is 20.8. The molecule has 0 spiro atoms. The van der Waals surface area contributed by atoms with Crippen LogP contribution < -0.4 is 10.1 Å². The third-order valence-electron chi connectivity index (χ3n) is 3.68. The molecule has 0 radical (unpaired) electrons. The van der Waals surface area contributed by atoms with Crippen molar-refractivity contribution in [1.29, 1.82) is 0 Å². The van der Waals surface area contributed by atoms with Gasteiger partial charge in [0.15, 0.2) is 6.23 Å². The van der Waals surface area contributed by atoms with E-state index in [2.05, 4.69) is 12.2 Å². The topological polar surface area (TPSA) is 58.6 Å². The molecular formula is C19H20Cl3NO3. The van der Waals surface area contributed by atoms with Crippen molar-refractivity contribution < 1.29 is 14.6 Å². The van der Waals surface area contributed by atoms with Crippen LogP contribution in [0.1, 0.15) is 30.1 Å². The number of amides is 1. The Labute approximate surface area is 168 Å². The van der Waals surface area contributed by atoms with E-state index in [0.29, 0.717) is 12.2 Å². The molecule has 2 N–H and O–H groups in total. The summed E-state index contributed by atoms with van der Waals surface area (Å²) in [5.74, 6) is 0.300. The van der Waals surface area contributed by atoms with Gasteiger partial charge in [-0.2, -0.15) is 0 Å². The van der Waals surface area contributed by atoms with Crippen LogP contribution in [0.4, 0.5) is 0 Å². The van der Waals surface area contributed by atoms with Gasteiger partial charge in [0.1, 0.15) is 5.75 Å². The average Bonchev–Trinajstić information content (AvgIpc) is 2.62. The second-order valence-electron chi connectivity index (χ2n) is 5.72. The summed E-state index contributed by atoms with van der Waals surface area (Å²) in [6.45, 7) is 2.83.